The first-order valence-corrected chi connectivity index (χ1v) is 6.23. The molecule has 92 valence electrons. The van der Waals surface area contributed by atoms with E-state index in [1.165, 1.54) is 0 Å². The third-order valence-electron chi connectivity index (χ3n) is 3.27. The van der Waals surface area contributed by atoms with E-state index < -0.39 is 0 Å². The summed E-state index contributed by atoms with van der Waals surface area (Å²) in [5, 5.41) is 7.48. The minimum absolute atomic E-state index is 0.0517. The maximum absolute atomic E-state index is 12.4. The molecule has 1 N–H and O–H groups in total. The Hall–Kier alpha value is -1.94. The Bertz CT molecular complexity index is 541. The highest BCUT2D eigenvalue weighted by Crippen LogP contribution is 2.15. The molecule has 1 aromatic carbocycles. The molecule has 2 heterocycles. The predicted octanol–water partition coefficient (Wildman–Crippen LogP) is 1.81. The summed E-state index contributed by atoms with van der Waals surface area (Å²) in [6.07, 6.45) is 3.66. The van der Waals surface area contributed by atoms with E-state index in [4.69, 9.17) is 0 Å². The number of carbonyl (C=O) groups is 1. The fraction of sp³-hybridized carbons (Fsp3) is 0.286. The van der Waals surface area contributed by atoms with Crippen LogP contribution in [0.2, 0.25) is 0 Å². The van der Waals surface area contributed by atoms with Crippen LogP contribution >= 0.6 is 0 Å². The summed E-state index contributed by atoms with van der Waals surface area (Å²) in [6, 6.07) is 11.5. The van der Waals surface area contributed by atoms with Gasteiger partial charge in [-0.25, -0.2) is 4.68 Å². The maximum atomic E-state index is 12.4. The highest BCUT2D eigenvalue weighted by Gasteiger charge is 2.25. The molecule has 3 rings (SSSR count). The predicted molar refractivity (Wildman–Crippen MR) is 68.9 cm³/mol. The lowest BCUT2D eigenvalue weighted by atomic mass is 10.1. The van der Waals surface area contributed by atoms with Gasteiger partial charge in [0, 0.05) is 0 Å². The molecule has 1 aromatic heterocycles. The monoisotopic (exact) mass is 241 g/mol. The van der Waals surface area contributed by atoms with Crippen LogP contribution in [-0.4, -0.2) is 28.2 Å². The smallest absolute Gasteiger partial charge is 0.198 e. The summed E-state index contributed by atoms with van der Waals surface area (Å²) < 4.78 is 1.71. The Balaban J connectivity index is 1.94. The molecule has 18 heavy (non-hydrogen) atoms. The van der Waals surface area contributed by atoms with Crippen molar-refractivity contribution in [3.8, 4) is 5.69 Å². The van der Waals surface area contributed by atoms with Crippen molar-refractivity contribution in [1.29, 1.82) is 0 Å². The van der Waals surface area contributed by atoms with Gasteiger partial charge < -0.3 is 5.32 Å². The van der Waals surface area contributed by atoms with Crippen molar-refractivity contribution in [2.45, 2.75) is 18.9 Å². The Labute approximate surface area is 106 Å². The fourth-order valence-electron chi connectivity index (χ4n) is 2.35. The average Bonchev–Trinajstić information content (AvgIpc) is 3.10. The molecule has 0 amide bonds. The molecule has 0 aliphatic carbocycles. The SMILES string of the molecule is O=C(c1ccnn1-c1ccccc1)C1CCCN1. The van der Waals surface area contributed by atoms with Crippen molar-refractivity contribution in [3.05, 3.63) is 48.3 Å². The molecule has 1 fully saturated rings. The van der Waals surface area contributed by atoms with Crippen LogP contribution in [0.15, 0.2) is 42.6 Å². The molecule has 1 saturated heterocycles. The summed E-state index contributed by atoms with van der Waals surface area (Å²) in [5.41, 5.74) is 1.57. The molecular formula is C14H15N3O. The van der Waals surface area contributed by atoms with Crippen LogP contribution in [0.5, 0.6) is 0 Å². The van der Waals surface area contributed by atoms with E-state index in [1.54, 1.807) is 16.9 Å². The first-order chi connectivity index (χ1) is 8.86. The summed E-state index contributed by atoms with van der Waals surface area (Å²) >= 11 is 0. The van der Waals surface area contributed by atoms with Crippen LogP contribution in [-0.2, 0) is 0 Å². The van der Waals surface area contributed by atoms with Crippen molar-refractivity contribution in [1.82, 2.24) is 15.1 Å². The van der Waals surface area contributed by atoms with E-state index in [0.717, 1.165) is 25.1 Å². The number of ketones is 1. The fourth-order valence-corrected chi connectivity index (χ4v) is 2.35. The quantitative estimate of drug-likeness (QED) is 0.834. The second kappa shape index (κ2) is 4.74. The highest BCUT2D eigenvalue weighted by atomic mass is 16.1. The molecule has 1 unspecified atom stereocenters. The molecule has 0 radical (unpaired) electrons. The molecule has 0 spiro atoms. The first-order valence-electron chi connectivity index (χ1n) is 6.23. The van der Waals surface area contributed by atoms with E-state index in [1.807, 2.05) is 30.3 Å². The number of Topliss-reactive ketones (excluding diaryl/α,β-unsaturated/α-hetero) is 1. The van der Waals surface area contributed by atoms with Gasteiger partial charge in [0.05, 0.1) is 17.9 Å². The molecule has 2 aromatic rings. The Morgan fingerprint density at radius 2 is 2.11 bits per heavy atom. The number of benzene rings is 1. The highest BCUT2D eigenvalue weighted by molar-refractivity contribution is 5.99. The van der Waals surface area contributed by atoms with E-state index in [2.05, 4.69) is 10.4 Å². The molecule has 0 bridgehead atoms. The van der Waals surface area contributed by atoms with Gasteiger partial charge in [0.2, 0.25) is 0 Å². The Kier molecular flexibility index (Phi) is 2.94. The first kappa shape index (κ1) is 11.2. The standard InChI is InChI=1S/C14H15N3O/c18-14(12-7-4-9-15-12)13-8-10-16-17(13)11-5-2-1-3-6-11/h1-3,5-6,8,10,12,15H,4,7,9H2. The molecule has 1 aliphatic heterocycles. The van der Waals surface area contributed by atoms with Gasteiger partial charge in [0.25, 0.3) is 0 Å². The van der Waals surface area contributed by atoms with Crippen molar-refractivity contribution in [3.63, 3.8) is 0 Å². The molecule has 4 heteroatoms. The van der Waals surface area contributed by atoms with E-state index in [-0.39, 0.29) is 11.8 Å². The van der Waals surface area contributed by atoms with Gasteiger partial charge in [-0.05, 0) is 37.6 Å². The van der Waals surface area contributed by atoms with Gasteiger partial charge in [-0.2, -0.15) is 5.10 Å². The largest absolute Gasteiger partial charge is 0.307 e. The topological polar surface area (TPSA) is 46.9 Å². The number of carbonyl (C=O) groups excluding carboxylic acids is 1. The molecule has 1 aliphatic rings. The van der Waals surface area contributed by atoms with Gasteiger partial charge in [-0.1, -0.05) is 18.2 Å². The zero-order valence-corrected chi connectivity index (χ0v) is 10.0. The Morgan fingerprint density at radius 1 is 1.28 bits per heavy atom. The van der Waals surface area contributed by atoms with E-state index in [9.17, 15) is 4.79 Å². The third-order valence-corrected chi connectivity index (χ3v) is 3.27. The molecule has 0 saturated carbocycles. The normalized spacial score (nSPS) is 19.0. The summed E-state index contributed by atoms with van der Waals surface area (Å²) in [4.78, 5) is 12.4. The number of hydrogen-bond donors (Lipinski definition) is 1. The van der Waals surface area contributed by atoms with E-state index in [0.29, 0.717) is 5.69 Å². The molecule has 1 atom stereocenters. The lowest BCUT2D eigenvalue weighted by molar-refractivity contribution is 0.0944. The van der Waals surface area contributed by atoms with Crippen LogP contribution < -0.4 is 5.32 Å². The number of hydrogen-bond acceptors (Lipinski definition) is 3. The average molecular weight is 241 g/mol. The van der Waals surface area contributed by atoms with Crippen molar-refractivity contribution in [2.24, 2.45) is 0 Å². The third kappa shape index (κ3) is 1.95. The lowest BCUT2D eigenvalue weighted by Crippen LogP contribution is -2.32. The van der Waals surface area contributed by atoms with Gasteiger partial charge >= 0.3 is 0 Å². The lowest BCUT2D eigenvalue weighted by Gasteiger charge is -2.11. The second-order valence-electron chi connectivity index (χ2n) is 4.48. The molecule has 4 nitrogen and oxygen atoms in total. The number of nitrogens with zero attached hydrogens (tertiary/aromatic N) is 2. The van der Waals surface area contributed by atoms with Crippen molar-refractivity contribution < 1.29 is 4.79 Å². The van der Waals surface area contributed by atoms with E-state index >= 15 is 0 Å². The molecular weight excluding hydrogens is 226 g/mol. The van der Waals surface area contributed by atoms with Crippen LogP contribution in [0.4, 0.5) is 0 Å². The zero-order valence-electron chi connectivity index (χ0n) is 10.0. The number of nitrogens with one attached hydrogen (secondary N) is 1. The minimum atomic E-state index is -0.0517. The number of para-hydroxylation sites is 1. The Morgan fingerprint density at radius 3 is 2.83 bits per heavy atom. The summed E-state index contributed by atoms with van der Waals surface area (Å²) in [5.74, 6) is 0.133. The zero-order chi connectivity index (χ0) is 12.4. The van der Waals surface area contributed by atoms with Crippen LogP contribution in [0.3, 0.4) is 0 Å². The van der Waals surface area contributed by atoms with Crippen LogP contribution in [0.25, 0.3) is 5.69 Å². The number of aromatic nitrogens is 2. The van der Waals surface area contributed by atoms with Crippen LogP contribution in [0.1, 0.15) is 23.3 Å². The van der Waals surface area contributed by atoms with Gasteiger partial charge in [-0.3, -0.25) is 4.79 Å². The maximum Gasteiger partial charge on any atom is 0.198 e. The summed E-state index contributed by atoms with van der Waals surface area (Å²) in [6.45, 7) is 0.926. The minimum Gasteiger partial charge on any atom is -0.307 e. The summed E-state index contributed by atoms with van der Waals surface area (Å²) in [7, 11) is 0. The van der Waals surface area contributed by atoms with Gasteiger partial charge in [0.15, 0.2) is 5.78 Å². The van der Waals surface area contributed by atoms with Crippen molar-refractivity contribution >= 4 is 5.78 Å². The number of rotatable bonds is 3. The van der Waals surface area contributed by atoms with Crippen LogP contribution in [0, 0.1) is 0 Å². The van der Waals surface area contributed by atoms with Gasteiger partial charge in [0.1, 0.15) is 5.69 Å². The van der Waals surface area contributed by atoms with Crippen molar-refractivity contribution in [2.75, 3.05) is 6.54 Å². The second-order valence-corrected chi connectivity index (χ2v) is 4.48. The van der Waals surface area contributed by atoms with Gasteiger partial charge in [-0.15, -0.1) is 0 Å².